The zero-order valence-corrected chi connectivity index (χ0v) is 23.2. The van der Waals surface area contributed by atoms with Crippen molar-refractivity contribution >= 4 is 11.9 Å². The zero-order valence-electron chi connectivity index (χ0n) is 23.2. The van der Waals surface area contributed by atoms with Gasteiger partial charge in [-0.25, -0.2) is 4.79 Å². The molecule has 0 aliphatic heterocycles. The number of carboxylic acid groups (broad SMARTS) is 2. The number of rotatable bonds is 10. The maximum absolute atomic E-state index is 11.5. The van der Waals surface area contributed by atoms with E-state index in [2.05, 4.69) is 40.3 Å². The predicted molar refractivity (Wildman–Crippen MR) is 145 cm³/mol. The Bertz CT molecular complexity index is 932. The summed E-state index contributed by atoms with van der Waals surface area (Å²) in [5.41, 5.74) is 1.16. The molecule has 0 aromatic carbocycles. The fraction of sp³-hybridized carbons (Fsp3) is 0.742. The van der Waals surface area contributed by atoms with Crippen LogP contribution in [0, 0.1) is 35.0 Å². The molecule has 7 atom stereocenters. The molecule has 0 aromatic rings. The molecule has 3 aliphatic carbocycles. The van der Waals surface area contributed by atoms with Crippen LogP contribution < -0.4 is 0 Å². The molecular formula is C31H48O6. The lowest BCUT2D eigenvalue weighted by Crippen LogP contribution is -2.44. The molecule has 0 bridgehead atoms. The maximum atomic E-state index is 11.5. The molecule has 3 fully saturated rings. The minimum atomic E-state index is -1.74. The molecule has 6 heteroatoms. The Hall–Kier alpha value is -1.92. The number of aliphatic hydroxyl groups is 2. The third kappa shape index (κ3) is 6.75. The molecule has 0 saturated heterocycles. The van der Waals surface area contributed by atoms with Crippen LogP contribution in [0.3, 0.4) is 0 Å². The molecule has 3 rings (SSSR count). The van der Waals surface area contributed by atoms with Crippen LogP contribution in [-0.4, -0.2) is 44.1 Å². The van der Waals surface area contributed by atoms with Crippen molar-refractivity contribution in [3.8, 4) is 0 Å². The number of hydrogen-bond acceptors (Lipinski definition) is 4. The van der Waals surface area contributed by atoms with Gasteiger partial charge in [-0.1, -0.05) is 71.3 Å². The van der Waals surface area contributed by atoms with Gasteiger partial charge in [0.2, 0.25) is 0 Å². The van der Waals surface area contributed by atoms with Crippen molar-refractivity contribution in [3.05, 3.63) is 35.5 Å². The summed E-state index contributed by atoms with van der Waals surface area (Å²) in [4.78, 5) is 22.9. The van der Waals surface area contributed by atoms with Crippen LogP contribution in [0.25, 0.3) is 0 Å². The van der Waals surface area contributed by atoms with Crippen molar-refractivity contribution in [3.63, 3.8) is 0 Å². The van der Waals surface area contributed by atoms with Gasteiger partial charge in [-0.05, 0) is 78.8 Å². The van der Waals surface area contributed by atoms with Crippen LogP contribution in [0.4, 0.5) is 0 Å². The lowest BCUT2D eigenvalue weighted by Gasteiger charge is -2.44. The molecule has 6 nitrogen and oxygen atoms in total. The Morgan fingerprint density at radius 1 is 1.14 bits per heavy atom. The molecule has 208 valence electrons. The highest BCUT2D eigenvalue weighted by atomic mass is 16.4. The smallest absolute Gasteiger partial charge is 0.333 e. The first-order valence-corrected chi connectivity index (χ1v) is 14.2. The van der Waals surface area contributed by atoms with E-state index in [1.54, 1.807) is 0 Å². The summed E-state index contributed by atoms with van der Waals surface area (Å²) in [5, 5.41) is 40.1. The average Bonchev–Trinajstić information content (AvgIpc) is 3.15. The lowest BCUT2D eigenvalue weighted by atomic mass is 9.60. The Labute approximate surface area is 222 Å². The minimum Gasteiger partial charge on any atom is -0.481 e. The van der Waals surface area contributed by atoms with Gasteiger partial charge in [0.15, 0.2) is 6.10 Å². The molecule has 3 saturated carbocycles. The molecule has 0 radical (unpaired) electrons. The van der Waals surface area contributed by atoms with Crippen LogP contribution >= 0.6 is 0 Å². The monoisotopic (exact) mass is 516 g/mol. The number of aliphatic carboxylic acids is 2. The molecule has 3 aliphatic rings. The van der Waals surface area contributed by atoms with Gasteiger partial charge in [0.1, 0.15) is 0 Å². The van der Waals surface area contributed by atoms with Crippen molar-refractivity contribution in [2.75, 3.05) is 0 Å². The van der Waals surface area contributed by atoms with E-state index in [0.29, 0.717) is 28.9 Å². The Balaban J connectivity index is 1.84. The standard InChI is InChI=1S/C31H48O6/c1-19(2)8-6-9-20(3)25-13-14-26-22(10-7-15-30(25,26)5)11-12-23-16-31(37,18-27(32)33)17-24(21(23)4)28(34)29(35)36/h11-12,19-20,24-26,28,34,37H,4,6-10,13-18H2,1-3,5H3,(H,32,33)(H,35,36)/b22-11?,23-12-/t20-,24?,25-,26?,28?,30-,31-/m1/s1. The second-order valence-corrected chi connectivity index (χ2v) is 12.9. The SMILES string of the molecule is C=C1/C(=C\C=C2CCC[C@@]3(C)C2CC[C@@H]3[C@H](C)CCCC(C)C)C[C@](O)(CC(=O)O)CC1C(O)C(=O)O. The van der Waals surface area contributed by atoms with E-state index in [1.165, 1.54) is 44.1 Å². The molecule has 0 spiro atoms. The molecular weight excluding hydrogens is 468 g/mol. The topological polar surface area (TPSA) is 115 Å². The third-order valence-corrected chi connectivity index (χ3v) is 9.76. The normalized spacial score (nSPS) is 36.1. The van der Waals surface area contributed by atoms with Gasteiger partial charge in [0.25, 0.3) is 0 Å². The molecule has 37 heavy (non-hydrogen) atoms. The van der Waals surface area contributed by atoms with Gasteiger partial charge in [-0.15, -0.1) is 0 Å². The maximum Gasteiger partial charge on any atom is 0.333 e. The van der Waals surface area contributed by atoms with E-state index < -0.39 is 36.0 Å². The number of carbonyl (C=O) groups is 2. The largest absolute Gasteiger partial charge is 0.481 e. The highest BCUT2D eigenvalue weighted by molar-refractivity contribution is 5.74. The summed E-state index contributed by atoms with van der Waals surface area (Å²) >= 11 is 0. The number of allylic oxidation sites excluding steroid dienone is 3. The van der Waals surface area contributed by atoms with Crippen LogP contribution in [0.15, 0.2) is 35.5 Å². The van der Waals surface area contributed by atoms with Gasteiger partial charge in [-0.2, -0.15) is 0 Å². The Kier molecular flexibility index (Phi) is 9.50. The molecule has 0 amide bonds. The summed E-state index contributed by atoms with van der Waals surface area (Å²) in [7, 11) is 0. The lowest BCUT2D eigenvalue weighted by molar-refractivity contribution is -0.151. The summed E-state index contributed by atoms with van der Waals surface area (Å²) in [6.07, 6.45) is 11.4. The van der Waals surface area contributed by atoms with E-state index >= 15 is 0 Å². The van der Waals surface area contributed by atoms with Crippen molar-refractivity contribution in [1.82, 2.24) is 0 Å². The van der Waals surface area contributed by atoms with Crippen LogP contribution in [0.5, 0.6) is 0 Å². The van der Waals surface area contributed by atoms with Crippen molar-refractivity contribution < 1.29 is 30.0 Å². The number of carboxylic acids is 2. The fourth-order valence-corrected chi connectivity index (χ4v) is 7.84. The first-order valence-electron chi connectivity index (χ1n) is 14.2. The van der Waals surface area contributed by atoms with Crippen molar-refractivity contribution in [2.24, 2.45) is 35.0 Å². The predicted octanol–water partition coefficient (Wildman–Crippen LogP) is 6.14. The van der Waals surface area contributed by atoms with Crippen molar-refractivity contribution in [1.29, 1.82) is 0 Å². The summed E-state index contributed by atoms with van der Waals surface area (Å²) in [6.45, 7) is 13.5. The second-order valence-electron chi connectivity index (χ2n) is 12.9. The van der Waals surface area contributed by atoms with Gasteiger partial charge < -0.3 is 20.4 Å². The summed E-state index contributed by atoms with van der Waals surface area (Å²) < 4.78 is 0. The minimum absolute atomic E-state index is 0.0855. The average molecular weight is 517 g/mol. The van der Waals surface area contributed by atoms with E-state index in [1.807, 2.05) is 6.08 Å². The number of fused-ring (bicyclic) bond motifs is 1. The van der Waals surface area contributed by atoms with Gasteiger partial charge in [0.05, 0.1) is 12.0 Å². The molecule has 4 N–H and O–H groups in total. The first-order chi connectivity index (χ1) is 17.3. The van der Waals surface area contributed by atoms with Crippen LogP contribution in [-0.2, 0) is 9.59 Å². The van der Waals surface area contributed by atoms with Gasteiger partial charge in [-0.3, -0.25) is 4.79 Å². The number of hydrogen-bond donors (Lipinski definition) is 4. The zero-order chi connectivity index (χ0) is 27.5. The highest BCUT2D eigenvalue weighted by Gasteiger charge is 2.50. The van der Waals surface area contributed by atoms with E-state index in [9.17, 15) is 30.0 Å². The summed E-state index contributed by atoms with van der Waals surface area (Å²) in [5.74, 6) is -0.819. The second kappa shape index (κ2) is 11.9. The third-order valence-electron chi connectivity index (χ3n) is 9.76. The van der Waals surface area contributed by atoms with Crippen molar-refractivity contribution in [2.45, 2.75) is 110 Å². The Morgan fingerprint density at radius 3 is 2.46 bits per heavy atom. The summed E-state index contributed by atoms with van der Waals surface area (Å²) in [6, 6.07) is 0. The first kappa shape index (κ1) is 29.6. The van der Waals surface area contributed by atoms with Crippen LogP contribution in [0.1, 0.15) is 98.3 Å². The Morgan fingerprint density at radius 2 is 1.84 bits per heavy atom. The van der Waals surface area contributed by atoms with Gasteiger partial charge in [0, 0.05) is 12.3 Å². The quantitative estimate of drug-likeness (QED) is 0.277. The van der Waals surface area contributed by atoms with Gasteiger partial charge >= 0.3 is 11.9 Å². The van der Waals surface area contributed by atoms with E-state index in [4.69, 9.17) is 0 Å². The molecule has 0 heterocycles. The number of aliphatic hydroxyl groups excluding tert-OH is 1. The van der Waals surface area contributed by atoms with E-state index in [-0.39, 0.29) is 18.3 Å². The van der Waals surface area contributed by atoms with E-state index in [0.717, 1.165) is 18.8 Å². The fourth-order valence-electron chi connectivity index (χ4n) is 7.84. The molecule has 0 aromatic heterocycles. The highest BCUT2D eigenvalue weighted by Crippen LogP contribution is 2.60. The molecule has 3 unspecified atom stereocenters. The van der Waals surface area contributed by atoms with Crippen LogP contribution in [0.2, 0.25) is 0 Å².